The SMILES string of the molecule is CCO/N=C(\C(=O)N[C@@H]1C(=O)N2C(C(=O)O)=C(CC(=O)Sc3cc[n+](OC(c4ccccc4)c4ccccc4)c(Cc4ccccc4)c3)CS[C@H]12)c1csc(NC(c2ccccc2)(c2ccccc2)c2ccccc2)n1. The van der Waals surface area contributed by atoms with Crippen LogP contribution in [0, 0.1) is 0 Å². The van der Waals surface area contributed by atoms with Crippen molar-refractivity contribution in [1.82, 2.24) is 15.2 Å². The zero-order valence-corrected chi connectivity index (χ0v) is 43.6. The van der Waals surface area contributed by atoms with Crippen LogP contribution in [0.25, 0.3) is 0 Å². The lowest BCUT2D eigenvalue weighted by atomic mass is 9.77. The lowest BCUT2D eigenvalue weighted by molar-refractivity contribution is -0.903. The van der Waals surface area contributed by atoms with E-state index in [1.54, 1.807) is 29.3 Å². The van der Waals surface area contributed by atoms with Gasteiger partial charge in [0.15, 0.2) is 16.0 Å². The summed E-state index contributed by atoms with van der Waals surface area (Å²) in [6, 6.07) is 62.6. The monoisotopic (exact) mass is 1060 g/mol. The molecule has 10 rings (SSSR count). The van der Waals surface area contributed by atoms with Gasteiger partial charge < -0.3 is 20.6 Å². The van der Waals surface area contributed by atoms with Crippen molar-refractivity contribution in [3.63, 3.8) is 0 Å². The molecule has 0 unspecified atom stereocenters. The number of aromatic nitrogens is 2. The number of carbonyl (C=O) groups excluding carboxylic acids is 3. The molecule has 0 aliphatic carbocycles. The maximum absolute atomic E-state index is 14.2. The zero-order valence-electron chi connectivity index (χ0n) is 41.1. The predicted molar refractivity (Wildman–Crippen MR) is 295 cm³/mol. The van der Waals surface area contributed by atoms with Gasteiger partial charge in [0.25, 0.3) is 11.8 Å². The molecule has 8 aromatic rings. The molecule has 0 bridgehead atoms. The molecule has 6 aromatic carbocycles. The third kappa shape index (κ3) is 11.1. The molecule has 2 aliphatic rings. The van der Waals surface area contributed by atoms with Gasteiger partial charge in [0.2, 0.25) is 18.0 Å². The van der Waals surface area contributed by atoms with Gasteiger partial charge >= 0.3 is 5.97 Å². The van der Waals surface area contributed by atoms with E-state index in [1.165, 1.54) is 23.1 Å². The Bertz CT molecular complexity index is 3270. The first-order valence-electron chi connectivity index (χ1n) is 24.6. The number of anilines is 1. The van der Waals surface area contributed by atoms with E-state index < -0.39 is 40.8 Å². The molecule has 2 aliphatic heterocycles. The third-order valence-corrected chi connectivity index (χ3v) is 15.9. The van der Waals surface area contributed by atoms with Gasteiger partial charge in [-0.05, 0) is 34.8 Å². The van der Waals surface area contributed by atoms with Crippen molar-refractivity contribution in [2.45, 2.75) is 47.7 Å². The number of nitrogens with zero attached hydrogens (tertiary/aromatic N) is 4. The van der Waals surface area contributed by atoms with Crippen molar-refractivity contribution >= 4 is 68.6 Å². The van der Waals surface area contributed by atoms with Gasteiger partial charge in [-0.15, -0.1) is 23.1 Å². The number of amides is 2. The van der Waals surface area contributed by atoms with Crippen molar-refractivity contribution in [2.75, 3.05) is 17.7 Å². The van der Waals surface area contributed by atoms with Crippen molar-refractivity contribution in [1.29, 1.82) is 0 Å². The summed E-state index contributed by atoms with van der Waals surface area (Å²) in [5.74, 6) is -2.55. The Morgan fingerprint density at radius 3 is 1.91 bits per heavy atom. The number of rotatable bonds is 20. The van der Waals surface area contributed by atoms with Gasteiger partial charge in [-0.2, -0.15) is 0 Å². The highest BCUT2D eigenvalue weighted by Gasteiger charge is 2.54. The number of hydrogen-bond donors (Lipinski definition) is 3. The number of carbonyl (C=O) groups is 4. The lowest BCUT2D eigenvalue weighted by Crippen LogP contribution is -2.71. The van der Waals surface area contributed by atoms with Crippen LogP contribution in [0.15, 0.2) is 227 Å². The quantitative estimate of drug-likeness (QED) is 0.0166. The molecule has 4 heterocycles. The Balaban J connectivity index is 0.852. The second kappa shape index (κ2) is 23.5. The van der Waals surface area contributed by atoms with E-state index in [9.17, 15) is 24.3 Å². The number of aliphatic carboxylic acids is 1. The fourth-order valence-electron chi connectivity index (χ4n) is 9.38. The molecular formula is C60H51N6O7S3+. The van der Waals surface area contributed by atoms with Crippen LogP contribution in [0.3, 0.4) is 0 Å². The number of pyridine rings is 1. The average Bonchev–Trinajstić information content (AvgIpc) is 3.94. The number of thioether (sulfide) groups is 2. The van der Waals surface area contributed by atoms with Crippen molar-refractivity contribution < 1.29 is 38.7 Å². The third-order valence-electron chi connectivity index (χ3n) is 12.9. The number of hydrogen-bond acceptors (Lipinski definition) is 12. The molecule has 0 saturated carbocycles. The van der Waals surface area contributed by atoms with Crippen molar-refractivity contribution in [2.24, 2.45) is 5.16 Å². The molecule has 2 amide bonds. The summed E-state index contributed by atoms with van der Waals surface area (Å²) >= 11 is 3.55. The molecule has 3 N–H and O–H groups in total. The number of nitrogens with one attached hydrogen (secondary N) is 2. The predicted octanol–water partition coefficient (Wildman–Crippen LogP) is 9.83. The first-order chi connectivity index (χ1) is 37.2. The minimum Gasteiger partial charge on any atom is -0.477 e. The molecule has 16 heteroatoms. The highest BCUT2D eigenvalue weighted by atomic mass is 32.2. The maximum Gasteiger partial charge on any atom is 0.352 e. The Kier molecular flexibility index (Phi) is 15.8. The van der Waals surface area contributed by atoms with Crippen LogP contribution >= 0.6 is 34.9 Å². The Hall–Kier alpha value is -8.31. The molecule has 0 spiro atoms. The zero-order chi connectivity index (χ0) is 52.4. The van der Waals surface area contributed by atoms with Gasteiger partial charge in [0.1, 0.15) is 35.0 Å². The number of fused-ring (bicyclic) bond motifs is 1. The van der Waals surface area contributed by atoms with Crippen LogP contribution in [0.1, 0.15) is 64.2 Å². The fraction of sp³-hybridized carbons (Fsp3) is 0.150. The molecule has 1 saturated heterocycles. The Morgan fingerprint density at radius 2 is 1.36 bits per heavy atom. The molecule has 13 nitrogen and oxygen atoms in total. The van der Waals surface area contributed by atoms with E-state index in [4.69, 9.17) is 14.7 Å². The first-order valence-corrected chi connectivity index (χ1v) is 27.3. The molecule has 2 atom stereocenters. The van der Waals surface area contributed by atoms with Gasteiger partial charge in [0, 0.05) is 50.4 Å². The second-order valence-electron chi connectivity index (χ2n) is 17.8. The maximum atomic E-state index is 14.2. The van der Waals surface area contributed by atoms with Gasteiger partial charge in [0.05, 0.1) is 6.42 Å². The van der Waals surface area contributed by atoms with E-state index in [1.807, 2.05) is 152 Å². The van der Waals surface area contributed by atoms with Crippen LogP contribution in [-0.4, -0.2) is 67.4 Å². The van der Waals surface area contributed by atoms with Crippen LogP contribution in [0.5, 0.6) is 0 Å². The fourth-order valence-corrected chi connectivity index (χ4v) is 12.3. The standard InChI is InChI=1S/C60H50N6O7S3/c1-2-72-64-51(49-39-75-59(61-49)63-60(44-27-15-6-16-28-44,45-29-17-7-18-30-45)46-31-19-8-20-32-46)55(68)62-52-56(69)66-53(58(70)71)43(38-74-57(52)66)36-50(67)76-48-33-34-65(47(37-48)35-40-21-9-3-10-22-40)73-54(41-23-11-4-12-24-41)42-25-13-5-14-26-42/h3-34,37,39,52,54,57H,2,35-36,38H2,1H3,(H2-,61,62,63,68,70,71)/p+1/b64-51-/t52-,57-/m1/s1. The van der Waals surface area contributed by atoms with E-state index in [-0.39, 0.29) is 41.0 Å². The minimum atomic E-state index is -1.34. The highest BCUT2D eigenvalue weighted by Crippen LogP contribution is 2.43. The Morgan fingerprint density at radius 1 is 0.803 bits per heavy atom. The van der Waals surface area contributed by atoms with E-state index in [0.29, 0.717) is 22.0 Å². The van der Waals surface area contributed by atoms with E-state index in [0.717, 1.165) is 55.7 Å². The number of benzene rings is 6. The first kappa shape index (κ1) is 51.2. The van der Waals surface area contributed by atoms with Gasteiger partial charge in [-0.25, -0.2) is 9.78 Å². The lowest BCUT2D eigenvalue weighted by Gasteiger charge is -2.49. The summed E-state index contributed by atoms with van der Waals surface area (Å²) in [4.78, 5) is 74.0. The smallest absolute Gasteiger partial charge is 0.352 e. The summed E-state index contributed by atoms with van der Waals surface area (Å²) in [5.41, 5.74) is 5.86. The van der Waals surface area contributed by atoms with E-state index in [2.05, 4.69) is 52.2 Å². The van der Waals surface area contributed by atoms with Crippen LogP contribution in [-0.2, 0) is 36.0 Å². The second-order valence-corrected chi connectivity index (χ2v) is 20.9. The molecule has 0 radical (unpaired) electrons. The molecular weight excluding hydrogens is 1010 g/mol. The summed E-state index contributed by atoms with van der Waals surface area (Å²) in [5, 5.41) is 22.4. The number of thiazole rings is 1. The summed E-state index contributed by atoms with van der Waals surface area (Å²) in [6.45, 7) is 1.89. The van der Waals surface area contributed by atoms with Crippen LogP contribution < -0.4 is 20.2 Å². The topological polar surface area (TPSA) is 163 Å². The minimum absolute atomic E-state index is 0.143. The number of carboxylic acid groups (broad SMARTS) is 1. The average molecular weight is 1060 g/mol. The van der Waals surface area contributed by atoms with Crippen molar-refractivity contribution in [3.05, 3.63) is 262 Å². The molecule has 1 fully saturated rings. The summed E-state index contributed by atoms with van der Waals surface area (Å²) < 4.78 is 1.74. The van der Waals surface area contributed by atoms with E-state index >= 15 is 0 Å². The van der Waals surface area contributed by atoms with Crippen LogP contribution in [0.4, 0.5) is 5.13 Å². The van der Waals surface area contributed by atoms with Crippen molar-refractivity contribution in [3.8, 4) is 0 Å². The highest BCUT2D eigenvalue weighted by molar-refractivity contribution is 8.13. The summed E-state index contributed by atoms with van der Waals surface area (Å²) in [6.07, 6.45) is 1.65. The number of β-lactam (4-membered cyclic amide) rings is 1. The normalized spacial score (nSPS) is 15.4. The Labute approximate surface area is 452 Å². The number of carboxylic acids is 1. The number of oxime groups is 1. The summed E-state index contributed by atoms with van der Waals surface area (Å²) in [7, 11) is 0. The molecule has 2 aromatic heterocycles. The van der Waals surface area contributed by atoms with Crippen LogP contribution in [0.2, 0.25) is 0 Å². The van der Waals surface area contributed by atoms with Gasteiger partial charge in [-0.1, -0.05) is 199 Å². The molecule has 76 heavy (non-hydrogen) atoms. The largest absolute Gasteiger partial charge is 0.477 e. The van der Waals surface area contributed by atoms with Gasteiger partial charge in [-0.3, -0.25) is 24.1 Å². The molecule has 380 valence electrons.